The van der Waals surface area contributed by atoms with E-state index in [-0.39, 0.29) is 5.91 Å². The summed E-state index contributed by atoms with van der Waals surface area (Å²) in [6.07, 6.45) is 6.00. The topological polar surface area (TPSA) is 67.3 Å². The van der Waals surface area contributed by atoms with E-state index >= 15 is 0 Å². The third-order valence-corrected chi connectivity index (χ3v) is 6.52. The molecule has 1 N–H and O–H groups in total. The van der Waals surface area contributed by atoms with E-state index in [4.69, 9.17) is 4.74 Å². The highest BCUT2D eigenvalue weighted by Crippen LogP contribution is 2.29. The number of benzene rings is 1. The number of carbonyl (C=O) groups is 1. The summed E-state index contributed by atoms with van der Waals surface area (Å²) in [5.41, 5.74) is 0.894. The van der Waals surface area contributed by atoms with Gasteiger partial charge in [0.25, 0.3) is 0 Å². The van der Waals surface area contributed by atoms with Crippen molar-refractivity contribution in [1.29, 1.82) is 0 Å². The molecule has 0 unspecified atom stereocenters. The van der Waals surface area contributed by atoms with Crippen molar-refractivity contribution in [2.75, 3.05) is 25.2 Å². The van der Waals surface area contributed by atoms with Gasteiger partial charge in [-0.25, -0.2) is 0 Å². The first-order valence-electron chi connectivity index (χ1n) is 8.79. The van der Waals surface area contributed by atoms with Gasteiger partial charge < -0.3 is 15.0 Å². The summed E-state index contributed by atoms with van der Waals surface area (Å²) in [6, 6.07) is 8.05. The minimum absolute atomic E-state index is 0.166. The predicted molar refractivity (Wildman–Crippen MR) is 107 cm³/mol. The van der Waals surface area contributed by atoms with Crippen molar-refractivity contribution in [2.45, 2.75) is 42.5 Å². The third-order valence-electron chi connectivity index (χ3n) is 4.56. The van der Waals surface area contributed by atoms with Gasteiger partial charge in [0.2, 0.25) is 11.0 Å². The van der Waals surface area contributed by atoms with Gasteiger partial charge in [-0.2, -0.15) is 0 Å². The van der Waals surface area contributed by atoms with Crippen molar-refractivity contribution < 1.29 is 9.53 Å². The maximum atomic E-state index is 12.4. The number of methoxy groups -OCH3 is 1. The third kappa shape index (κ3) is 5.11. The summed E-state index contributed by atoms with van der Waals surface area (Å²) >= 11 is 2.90. The lowest BCUT2D eigenvalue weighted by Gasteiger charge is -2.31. The van der Waals surface area contributed by atoms with E-state index < -0.39 is 0 Å². The zero-order valence-corrected chi connectivity index (χ0v) is 16.7. The van der Waals surface area contributed by atoms with Gasteiger partial charge in [0.05, 0.1) is 12.9 Å². The van der Waals surface area contributed by atoms with Crippen LogP contribution in [0, 0.1) is 0 Å². The van der Waals surface area contributed by atoms with Crippen molar-refractivity contribution in [3.8, 4) is 5.75 Å². The Bertz CT molecular complexity index is 731. The zero-order chi connectivity index (χ0) is 18.4. The quantitative estimate of drug-likeness (QED) is 0.713. The van der Waals surface area contributed by atoms with Crippen molar-refractivity contribution >= 4 is 39.8 Å². The highest BCUT2D eigenvalue weighted by molar-refractivity contribution is 8.01. The van der Waals surface area contributed by atoms with E-state index in [1.165, 1.54) is 42.4 Å². The smallest absolute Gasteiger partial charge is 0.233 e. The van der Waals surface area contributed by atoms with Crippen LogP contribution < -0.4 is 10.1 Å². The number of rotatable bonds is 7. The molecule has 8 heteroatoms. The first kappa shape index (κ1) is 19.0. The van der Waals surface area contributed by atoms with Crippen LogP contribution in [0.2, 0.25) is 0 Å². The fourth-order valence-electron chi connectivity index (χ4n) is 3.04. The number of hydrogen-bond acceptors (Lipinski definition) is 7. The second-order valence-electron chi connectivity index (χ2n) is 6.32. The lowest BCUT2D eigenvalue weighted by molar-refractivity contribution is -0.129. The molecule has 0 radical (unpaired) electrons. The molecule has 1 aliphatic carbocycles. The van der Waals surface area contributed by atoms with E-state index in [9.17, 15) is 4.79 Å². The molecule has 1 aromatic heterocycles. The lowest BCUT2D eigenvalue weighted by Crippen LogP contribution is -2.39. The Hall–Kier alpha value is -1.80. The lowest BCUT2D eigenvalue weighted by atomic mass is 9.94. The van der Waals surface area contributed by atoms with Gasteiger partial charge in [0.1, 0.15) is 5.75 Å². The van der Waals surface area contributed by atoms with Crippen LogP contribution in [0.15, 0.2) is 28.6 Å². The first-order chi connectivity index (χ1) is 12.7. The number of anilines is 2. The van der Waals surface area contributed by atoms with E-state index in [1.54, 1.807) is 7.11 Å². The summed E-state index contributed by atoms with van der Waals surface area (Å²) in [6.45, 7) is 0. The van der Waals surface area contributed by atoms with Crippen LogP contribution in [0.1, 0.15) is 32.1 Å². The number of thioether (sulfide) groups is 1. The van der Waals surface area contributed by atoms with Crippen LogP contribution >= 0.6 is 23.1 Å². The molecular formula is C18H24N4O2S2. The molecule has 0 atom stereocenters. The molecule has 0 aliphatic heterocycles. The van der Waals surface area contributed by atoms with Gasteiger partial charge in [0, 0.05) is 24.8 Å². The van der Waals surface area contributed by atoms with E-state index in [0.717, 1.165) is 28.6 Å². The van der Waals surface area contributed by atoms with Gasteiger partial charge in [0.15, 0.2) is 4.34 Å². The molecular weight excluding hydrogens is 368 g/mol. The van der Waals surface area contributed by atoms with Gasteiger partial charge in [-0.1, -0.05) is 48.4 Å². The first-order valence-corrected chi connectivity index (χ1v) is 10.6. The number of nitrogens with zero attached hydrogens (tertiary/aromatic N) is 3. The van der Waals surface area contributed by atoms with E-state index in [0.29, 0.717) is 16.9 Å². The molecule has 1 amide bonds. The Labute approximate surface area is 162 Å². The average Bonchev–Trinajstić information content (AvgIpc) is 3.13. The standard InChI is InChI=1S/C18H24N4O2S2/c1-22(14-8-4-3-5-9-14)16(23)12-25-18-21-20-17(26-18)19-13-7-6-10-15(11-13)24-2/h6-7,10-11,14H,3-5,8-9,12H2,1-2H3,(H,19,20). The highest BCUT2D eigenvalue weighted by atomic mass is 32.2. The molecule has 1 aromatic carbocycles. The van der Waals surface area contributed by atoms with Crippen LogP contribution in [0.25, 0.3) is 0 Å². The second-order valence-corrected chi connectivity index (χ2v) is 8.52. The van der Waals surface area contributed by atoms with Crippen molar-refractivity contribution in [1.82, 2.24) is 15.1 Å². The molecule has 6 nitrogen and oxygen atoms in total. The molecule has 1 fully saturated rings. The Morgan fingerprint density at radius 2 is 2.15 bits per heavy atom. The molecule has 0 bridgehead atoms. The average molecular weight is 393 g/mol. The fourth-order valence-corrected chi connectivity index (χ4v) is 4.74. The second kappa shape index (κ2) is 9.23. The van der Waals surface area contributed by atoms with Crippen LogP contribution in [-0.2, 0) is 4.79 Å². The molecule has 2 aromatic rings. The molecule has 1 aliphatic rings. The maximum absolute atomic E-state index is 12.4. The summed E-state index contributed by atoms with van der Waals surface area (Å²) < 4.78 is 6.01. The molecule has 1 heterocycles. The fraction of sp³-hybridized carbons (Fsp3) is 0.500. The molecule has 1 saturated carbocycles. The summed E-state index contributed by atoms with van der Waals surface area (Å²) in [5.74, 6) is 1.35. The highest BCUT2D eigenvalue weighted by Gasteiger charge is 2.22. The van der Waals surface area contributed by atoms with Gasteiger partial charge in [-0.3, -0.25) is 4.79 Å². The van der Waals surface area contributed by atoms with Gasteiger partial charge >= 0.3 is 0 Å². The van der Waals surface area contributed by atoms with Crippen LogP contribution in [-0.4, -0.2) is 47.0 Å². The summed E-state index contributed by atoms with van der Waals surface area (Å²) in [7, 11) is 3.56. The number of amides is 1. The number of carbonyl (C=O) groups excluding carboxylic acids is 1. The zero-order valence-electron chi connectivity index (χ0n) is 15.1. The number of nitrogens with one attached hydrogen (secondary N) is 1. The molecule has 3 rings (SSSR count). The van der Waals surface area contributed by atoms with Gasteiger partial charge in [-0.15, -0.1) is 10.2 Å². The number of aromatic nitrogens is 2. The summed E-state index contributed by atoms with van der Waals surface area (Å²) in [4.78, 5) is 14.3. The van der Waals surface area contributed by atoms with Crippen molar-refractivity contribution in [3.63, 3.8) is 0 Å². The van der Waals surface area contributed by atoms with E-state index in [2.05, 4.69) is 15.5 Å². The number of ether oxygens (including phenoxy) is 1. The molecule has 140 valence electrons. The predicted octanol–water partition coefficient (Wildman–Crippen LogP) is 4.17. The van der Waals surface area contributed by atoms with Crippen LogP contribution in [0.4, 0.5) is 10.8 Å². The van der Waals surface area contributed by atoms with Gasteiger partial charge in [-0.05, 0) is 25.0 Å². The summed E-state index contributed by atoms with van der Waals surface area (Å²) in [5, 5.41) is 12.2. The van der Waals surface area contributed by atoms with Crippen molar-refractivity contribution in [2.24, 2.45) is 0 Å². The maximum Gasteiger partial charge on any atom is 0.233 e. The molecule has 0 saturated heterocycles. The molecule has 26 heavy (non-hydrogen) atoms. The minimum atomic E-state index is 0.166. The monoisotopic (exact) mass is 392 g/mol. The normalized spacial score (nSPS) is 14.8. The minimum Gasteiger partial charge on any atom is -0.497 e. The Morgan fingerprint density at radius 3 is 2.92 bits per heavy atom. The van der Waals surface area contributed by atoms with Crippen molar-refractivity contribution in [3.05, 3.63) is 24.3 Å². The van der Waals surface area contributed by atoms with Crippen LogP contribution in [0.3, 0.4) is 0 Å². The SMILES string of the molecule is COc1cccc(Nc2nnc(SCC(=O)N(C)C3CCCCC3)s2)c1. The van der Waals surface area contributed by atoms with E-state index in [1.807, 2.05) is 36.2 Å². The Kier molecular flexibility index (Phi) is 6.73. The number of hydrogen-bond donors (Lipinski definition) is 1. The molecule has 0 spiro atoms. The Morgan fingerprint density at radius 1 is 1.35 bits per heavy atom. The largest absolute Gasteiger partial charge is 0.497 e. The van der Waals surface area contributed by atoms with Crippen LogP contribution in [0.5, 0.6) is 5.75 Å². The Balaban J connectivity index is 1.50.